The molecule has 0 amide bonds. The first-order valence-electron chi connectivity index (χ1n) is 5.04. The lowest BCUT2D eigenvalue weighted by Gasteiger charge is -2.14. The van der Waals surface area contributed by atoms with E-state index < -0.39 is 5.97 Å². The number of aromatic carboxylic acids is 1. The van der Waals surface area contributed by atoms with Gasteiger partial charge in [0.15, 0.2) is 0 Å². The summed E-state index contributed by atoms with van der Waals surface area (Å²) in [5.41, 5.74) is 0.987. The molecule has 0 heterocycles. The highest BCUT2D eigenvalue weighted by atomic mass is 16.5. The normalized spacial score (nSPS) is 12.2. The number of rotatable bonds is 5. The van der Waals surface area contributed by atoms with Gasteiger partial charge < -0.3 is 14.6 Å². The Morgan fingerprint density at radius 2 is 2.19 bits per heavy atom. The summed E-state index contributed by atoms with van der Waals surface area (Å²) in [6, 6.07) is 4.92. The molecule has 0 aromatic heterocycles. The molecule has 4 heteroatoms. The fourth-order valence-corrected chi connectivity index (χ4v) is 1.45. The molecule has 1 aromatic rings. The Labute approximate surface area is 94.8 Å². The average molecular weight is 224 g/mol. The zero-order valence-corrected chi connectivity index (χ0v) is 9.69. The maximum absolute atomic E-state index is 10.8. The van der Waals surface area contributed by atoms with Gasteiger partial charge in [-0.3, -0.25) is 0 Å². The quantitative estimate of drug-likeness (QED) is 0.832. The third-order valence-corrected chi connectivity index (χ3v) is 2.17. The molecule has 0 aliphatic carbocycles. The smallest absolute Gasteiger partial charge is 0.335 e. The number of hydrogen-bond donors (Lipinski definition) is 1. The number of hydrogen-bond acceptors (Lipinski definition) is 3. The van der Waals surface area contributed by atoms with Crippen molar-refractivity contribution in [1.82, 2.24) is 0 Å². The summed E-state index contributed by atoms with van der Waals surface area (Å²) in [7, 11) is 1.61. The molecule has 1 aromatic carbocycles. The van der Waals surface area contributed by atoms with Gasteiger partial charge in [-0.25, -0.2) is 4.79 Å². The van der Waals surface area contributed by atoms with Crippen molar-refractivity contribution in [3.8, 4) is 5.75 Å². The van der Waals surface area contributed by atoms with Crippen LogP contribution in [-0.2, 0) is 4.74 Å². The molecule has 0 spiro atoms. The lowest BCUT2D eigenvalue weighted by molar-refractivity contribution is 0.0696. The van der Waals surface area contributed by atoms with E-state index in [9.17, 15) is 4.79 Å². The number of aryl methyl sites for hydroxylation is 1. The second-order valence-corrected chi connectivity index (χ2v) is 3.67. The lowest BCUT2D eigenvalue weighted by Crippen LogP contribution is -2.18. The number of benzene rings is 1. The van der Waals surface area contributed by atoms with Gasteiger partial charge in [0, 0.05) is 7.11 Å². The fourth-order valence-electron chi connectivity index (χ4n) is 1.45. The minimum atomic E-state index is -0.922. The zero-order chi connectivity index (χ0) is 12.1. The number of carboxylic acids is 1. The van der Waals surface area contributed by atoms with Crippen LogP contribution in [0.5, 0.6) is 5.75 Å². The van der Waals surface area contributed by atoms with E-state index in [0.29, 0.717) is 23.5 Å². The number of methoxy groups -OCH3 is 1. The van der Waals surface area contributed by atoms with Crippen LogP contribution < -0.4 is 4.74 Å². The second kappa shape index (κ2) is 5.51. The SMILES string of the molecule is COCC(C)Oc1ccc(C(=O)O)c(C)c1. The van der Waals surface area contributed by atoms with Gasteiger partial charge in [0.1, 0.15) is 11.9 Å². The van der Waals surface area contributed by atoms with Crippen LogP contribution in [-0.4, -0.2) is 30.9 Å². The summed E-state index contributed by atoms with van der Waals surface area (Å²) in [5, 5.41) is 8.86. The molecule has 0 aliphatic heterocycles. The Hall–Kier alpha value is -1.55. The standard InChI is InChI=1S/C12H16O4/c1-8-6-10(16-9(2)7-15-3)4-5-11(8)12(13)14/h4-6,9H,7H2,1-3H3,(H,13,14). The molecule has 0 radical (unpaired) electrons. The minimum absolute atomic E-state index is 0.0555. The van der Waals surface area contributed by atoms with Crippen LogP contribution in [0, 0.1) is 6.92 Å². The summed E-state index contributed by atoms with van der Waals surface area (Å²) in [6.45, 7) is 4.14. The summed E-state index contributed by atoms with van der Waals surface area (Å²) < 4.78 is 10.5. The van der Waals surface area contributed by atoms with Crippen molar-refractivity contribution in [2.75, 3.05) is 13.7 Å². The highest BCUT2D eigenvalue weighted by Crippen LogP contribution is 2.18. The van der Waals surface area contributed by atoms with Crippen molar-refractivity contribution >= 4 is 5.97 Å². The van der Waals surface area contributed by atoms with Gasteiger partial charge in [0.25, 0.3) is 0 Å². The maximum Gasteiger partial charge on any atom is 0.335 e. The summed E-state index contributed by atoms with van der Waals surface area (Å²) in [5.74, 6) is -0.263. The summed E-state index contributed by atoms with van der Waals surface area (Å²) in [6.07, 6.45) is -0.0555. The van der Waals surface area contributed by atoms with Gasteiger partial charge in [-0.2, -0.15) is 0 Å². The lowest BCUT2D eigenvalue weighted by atomic mass is 10.1. The second-order valence-electron chi connectivity index (χ2n) is 3.67. The molecule has 4 nitrogen and oxygen atoms in total. The monoisotopic (exact) mass is 224 g/mol. The van der Waals surface area contributed by atoms with E-state index in [0.717, 1.165) is 0 Å². The van der Waals surface area contributed by atoms with Crippen LogP contribution >= 0.6 is 0 Å². The van der Waals surface area contributed by atoms with E-state index in [-0.39, 0.29) is 6.10 Å². The highest BCUT2D eigenvalue weighted by Gasteiger charge is 2.09. The van der Waals surface area contributed by atoms with Gasteiger partial charge in [-0.1, -0.05) is 0 Å². The Morgan fingerprint density at radius 1 is 1.50 bits per heavy atom. The molecular weight excluding hydrogens is 208 g/mol. The Bertz CT molecular complexity index is 373. The van der Waals surface area contributed by atoms with E-state index in [4.69, 9.17) is 14.6 Å². The molecule has 0 saturated heterocycles. The van der Waals surface area contributed by atoms with Crippen LogP contribution in [0.2, 0.25) is 0 Å². The van der Waals surface area contributed by atoms with Crippen molar-refractivity contribution in [3.63, 3.8) is 0 Å². The van der Waals surface area contributed by atoms with Crippen LogP contribution in [0.4, 0.5) is 0 Å². The predicted octanol–water partition coefficient (Wildman–Crippen LogP) is 2.11. The first kappa shape index (κ1) is 12.5. The third-order valence-electron chi connectivity index (χ3n) is 2.17. The van der Waals surface area contributed by atoms with Crippen molar-refractivity contribution < 1.29 is 19.4 Å². The van der Waals surface area contributed by atoms with Crippen molar-refractivity contribution in [2.24, 2.45) is 0 Å². The molecule has 1 rings (SSSR count). The first-order chi connectivity index (χ1) is 7.54. The molecule has 1 atom stereocenters. The van der Waals surface area contributed by atoms with E-state index in [1.807, 2.05) is 6.92 Å². The summed E-state index contributed by atoms with van der Waals surface area (Å²) >= 11 is 0. The van der Waals surface area contributed by atoms with E-state index in [1.54, 1.807) is 32.2 Å². The van der Waals surface area contributed by atoms with Crippen molar-refractivity contribution in [3.05, 3.63) is 29.3 Å². The fraction of sp³-hybridized carbons (Fsp3) is 0.417. The number of carbonyl (C=O) groups is 1. The van der Waals surface area contributed by atoms with E-state index in [1.165, 1.54) is 0 Å². The third kappa shape index (κ3) is 3.24. The van der Waals surface area contributed by atoms with Gasteiger partial charge in [0.05, 0.1) is 12.2 Å². The van der Waals surface area contributed by atoms with E-state index >= 15 is 0 Å². The van der Waals surface area contributed by atoms with Crippen LogP contribution in [0.25, 0.3) is 0 Å². The predicted molar refractivity (Wildman–Crippen MR) is 60.1 cm³/mol. The topological polar surface area (TPSA) is 55.8 Å². The van der Waals surface area contributed by atoms with Gasteiger partial charge in [0.2, 0.25) is 0 Å². The molecule has 1 N–H and O–H groups in total. The van der Waals surface area contributed by atoms with Crippen LogP contribution in [0.15, 0.2) is 18.2 Å². The highest BCUT2D eigenvalue weighted by molar-refractivity contribution is 5.89. The van der Waals surface area contributed by atoms with Crippen molar-refractivity contribution in [2.45, 2.75) is 20.0 Å². The molecule has 1 unspecified atom stereocenters. The molecule has 0 saturated carbocycles. The van der Waals surface area contributed by atoms with Crippen LogP contribution in [0.3, 0.4) is 0 Å². The molecular formula is C12H16O4. The van der Waals surface area contributed by atoms with Crippen molar-refractivity contribution in [1.29, 1.82) is 0 Å². The molecule has 0 aliphatic rings. The molecule has 0 fully saturated rings. The van der Waals surface area contributed by atoms with Crippen LogP contribution in [0.1, 0.15) is 22.8 Å². The Balaban J connectivity index is 2.77. The minimum Gasteiger partial charge on any atom is -0.488 e. The largest absolute Gasteiger partial charge is 0.488 e. The molecule has 16 heavy (non-hydrogen) atoms. The van der Waals surface area contributed by atoms with Gasteiger partial charge in [-0.05, 0) is 37.6 Å². The first-order valence-corrected chi connectivity index (χ1v) is 5.04. The molecule has 0 bridgehead atoms. The number of carboxylic acid groups (broad SMARTS) is 1. The number of ether oxygens (including phenoxy) is 2. The van der Waals surface area contributed by atoms with Gasteiger partial charge >= 0.3 is 5.97 Å². The Kier molecular flexibility index (Phi) is 4.31. The maximum atomic E-state index is 10.8. The zero-order valence-electron chi connectivity index (χ0n) is 9.69. The van der Waals surface area contributed by atoms with Gasteiger partial charge in [-0.15, -0.1) is 0 Å². The van der Waals surface area contributed by atoms with E-state index in [2.05, 4.69) is 0 Å². The average Bonchev–Trinajstić information content (AvgIpc) is 2.17. The molecule has 88 valence electrons. The Morgan fingerprint density at radius 3 is 2.69 bits per heavy atom. The summed E-state index contributed by atoms with van der Waals surface area (Å²) in [4.78, 5) is 10.8.